The van der Waals surface area contributed by atoms with Crippen molar-refractivity contribution in [1.29, 1.82) is 0 Å². The Morgan fingerprint density at radius 3 is 2.29 bits per heavy atom. The maximum Gasteiger partial charge on any atom is 0.460 e. The van der Waals surface area contributed by atoms with Gasteiger partial charge in [0.15, 0.2) is 5.01 Å². The van der Waals surface area contributed by atoms with E-state index in [1.807, 2.05) is 5.32 Å². The molecule has 0 saturated carbocycles. The number of carbonyl (C=O) groups excluding carboxylic acids is 1. The molecule has 0 aliphatic heterocycles. The number of halogens is 7. The Morgan fingerprint density at radius 1 is 1.04 bits per heavy atom. The molecule has 1 aromatic carbocycles. The lowest BCUT2D eigenvalue weighted by Gasteiger charge is -2.15. The molecule has 13 heteroatoms. The summed E-state index contributed by atoms with van der Waals surface area (Å²) in [5.41, 5.74) is 0.215. The minimum Gasteiger partial charge on any atom is -0.308 e. The van der Waals surface area contributed by atoms with Crippen LogP contribution in [0.3, 0.4) is 0 Å². The maximum atomic E-state index is 13.1. The molecular weight excluding hydrogens is 402 g/mol. The molecule has 2 N–H and O–H groups in total. The number of carbonyl (C=O) groups is 1. The first-order chi connectivity index (χ1) is 11.0. The second-order valence-electron chi connectivity index (χ2n) is 4.19. The lowest BCUT2D eigenvalue weighted by molar-refractivity contribution is -0.289. The van der Waals surface area contributed by atoms with Crippen LogP contribution >= 0.6 is 34.5 Å². The van der Waals surface area contributed by atoms with Crippen molar-refractivity contribution in [3.05, 3.63) is 33.3 Å². The number of nitrogens with zero attached hydrogens (tertiary/aromatic N) is 2. The number of hydrogen-bond acceptors (Lipinski definition) is 4. The first kappa shape index (κ1) is 18.6. The number of anilines is 2. The molecule has 2 aromatic rings. The molecule has 130 valence electrons. The molecule has 2 rings (SSSR count). The number of nitrogens with one attached hydrogen (secondary N) is 2. The van der Waals surface area contributed by atoms with Crippen LogP contribution in [0, 0.1) is 0 Å². The Bertz CT molecular complexity index is 767. The fourth-order valence-electron chi connectivity index (χ4n) is 1.36. The molecule has 0 spiro atoms. The van der Waals surface area contributed by atoms with Crippen molar-refractivity contribution in [2.45, 2.75) is 12.1 Å². The molecule has 0 saturated heterocycles. The number of hydrogen-bond donors (Lipinski definition) is 2. The van der Waals surface area contributed by atoms with E-state index in [2.05, 4.69) is 15.5 Å². The van der Waals surface area contributed by atoms with E-state index in [1.165, 1.54) is 18.2 Å². The van der Waals surface area contributed by atoms with Gasteiger partial charge in [-0.05, 0) is 18.2 Å². The molecule has 5 nitrogen and oxygen atoms in total. The van der Waals surface area contributed by atoms with Gasteiger partial charge in [0, 0.05) is 5.69 Å². The summed E-state index contributed by atoms with van der Waals surface area (Å²) in [6.45, 7) is 0. The highest BCUT2D eigenvalue weighted by Crippen LogP contribution is 2.45. The minimum absolute atomic E-state index is 0.100. The third kappa shape index (κ3) is 4.02. The van der Waals surface area contributed by atoms with E-state index in [-0.39, 0.29) is 27.1 Å². The number of aromatic nitrogens is 2. The van der Waals surface area contributed by atoms with Crippen LogP contribution in [0.1, 0.15) is 5.01 Å². The van der Waals surface area contributed by atoms with Crippen molar-refractivity contribution in [3.8, 4) is 0 Å². The zero-order valence-corrected chi connectivity index (χ0v) is 13.4. The zero-order valence-electron chi connectivity index (χ0n) is 11.1. The van der Waals surface area contributed by atoms with E-state index in [4.69, 9.17) is 23.2 Å². The molecule has 0 bridgehead atoms. The number of urea groups is 1. The highest BCUT2D eigenvalue weighted by molar-refractivity contribution is 7.15. The summed E-state index contributed by atoms with van der Waals surface area (Å²) < 4.78 is 62.8. The summed E-state index contributed by atoms with van der Waals surface area (Å²) in [5, 5.41) is 8.37. The number of rotatable bonds is 3. The zero-order chi connectivity index (χ0) is 18.1. The van der Waals surface area contributed by atoms with Crippen LogP contribution in [0.4, 0.5) is 37.6 Å². The maximum absolute atomic E-state index is 13.1. The summed E-state index contributed by atoms with van der Waals surface area (Å²) in [6.07, 6.45) is -5.81. The Balaban J connectivity index is 2.06. The highest BCUT2D eigenvalue weighted by atomic mass is 35.5. The molecule has 0 aliphatic carbocycles. The van der Waals surface area contributed by atoms with Crippen molar-refractivity contribution in [2.24, 2.45) is 0 Å². The Hall–Kier alpha value is -1.72. The van der Waals surface area contributed by atoms with Gasteiger partial charge in [-0.15, -0.1) is 10.2 Å². The van der Waals surface area contributed by atoms with Crippen LogP contribution in [-0.4, -0.2) is 22.4 Å². The minimum atomic E-state index is -5.81. The van der Waals surface area contributed by atoms with Crippen molar-refractivity contribution in [1.82, 2.24) is 10.2 Å². The molecule has 24 heavy (non-hydrogen) atoms. The van der Waals surface area contributed by atoms with Crippen molar-refractivity contribution < 1.29 is 26.7 Å². The number of amides is 2. The lowest BCUT2D eigenvalue weighted by atomic mass is 10.3. The molecule has 1 heterocycles. The molecule has 0 unspecified atom stereocenters. The Labute approximate surface area is 144 Å². The van der Waals surface area contributed by atoms with Crippen LogP contribution < -0.4 is 10.6 Å². The highest BCUT2D eigenvalue weighted by Gasteiger charge is 2.61. The predicted octanol–water partition coefficient (Wildman–Crippen LogP) is 5.14. The van der Waals surface area contributed by atoms with E-state index in [1.54, 1.807) is 0 Å². The summed E-state index contributed by atoms with van der Waals surface area (Å²) in [6, 6.07) is 3.17. The lowest BCUT2D eigenvalue weighted by Crippen LogP contribution is -2.33. The Morgan fingerprint density at radius 2 is 1.71 bits per heavy atom. The third-order valence-electron chi connectivity index (χ3n) is 2.45. The topological polar surface area (TPSA) is 66.9 Å². The van der Waals surface area contributed by atoms with Crippen molar-refractivity contribution >= 4 is 51.4 Å². The van der Waals surface area contributed by atoms with Gasteiger partial charge in [-0.2, -0.15) is 22.0 Å². The van der Waals surface area contributed by atoms with Gasteiger partial charge in [0.1, 0.15) is 0 Å². The van der Waals surface area contributed by atoms with Gasteiger partial charge in [0.05, 0.1) is 10.0 Å². The molecule has 1 aromatic heterocycles. The third-order valence-corrected chi connectivity index (χ3v) is 4.10. The van der Waals surface area contributed by atoms with Gasteiger partial charge in [-0.25, -0.2) is 4.79 Å². The van der Waals surface area contributed by atoms with Gasteiger partial charge < -0.3 is 5.32 Å². The SMILES string of the molecule is O=C(Nc1ccc(Cl)c(Cl)c1)Nc1nnc(C(F)(F)C(F)(F)F)s1. The van der Waals surface area contributed by atoms with Crippen molar-refractivity contribution in [3.63, 3.8) is 0 Å². The molecule has 0 aliphatic rings. The van der Waals surface area contributed by atoms with Crippen LogP contribution in [0.15, 0.2) is 18.2 Å². The van der Waals surface area contributed by atoms with Crippen LogP contribution in [0.5, 0.6) is 0 Å². The summed E-state index contributed by atoms with van der Waals surface area (Å²) in [4.78, 5) is 11.7. The molecule has 0 fully saturated rings. The standard InChI is InChI=1S/C11H5Cl2F5N4OS/c12-5-2-1-4(3-6(5)13)19-8(23)20-9-22-21-7(24-9)10(14,15)11(16,17)18/h1-3H,(H2,19,20,22,23). The fourth-order valence-corrected chi connectivity index (χ4v) is 2.39. The second-order valence-corrected chi connectivity index (χ2v) is 5.98. The van der Waals surface area contributed by atoms with E-state index in [9.17, 15) is 26.7 Å². The summed E-state index contributed by atoms with van der Waals surface area (Å²) in [7, 11) is 0. The largest absolute Gasteiger partial charge is 0.460 e. The molecule has 0 atom stereocenters. The summed E-state index contributed by atoms with van der Waals surface area (Å²) >= 11 is 11.3. The van der Waals surface area contributed by atoms with Crippen LogP contribution in [-0.2, 0) is 5.92 Å². The first-order valence-electron chi connectivity index (χ1n) is 5.82. The van der Waals surface area contributed by atoms with Gasteiger partial charge >= 0.3 is 18.1 Å². The van der Waals surface area contributed by atoms with Crippen LogP contribution in [0.25, 0.3) is 0 Å². The quantitative estimate of drug-likeness (QED) is 0.693. The fraction of sp³-hybridized carbons (Fsp3) is 0.182. The monoisotopic (exact) mass is 406 g/mol. The van der Waals surface area contributed by atoms with Gasteiger partial charge in [-0.3, -0.25) is 5.32 Å². The normalized spacial score (nSPS) is 12.1. The average Bonchev–Trinajstić information content (AvgIpc) is 2.90. The first-order valence-corrected chi connectivity index (χ1v) is 7.39. The number of benzene rings is 1. The molecule has 0 radical (unpaired) electrons. The average molecular weight is 407 g/mol. The second kappa shape index (κ2) is 6.65. The van der Waals surface area contributed by atoms with Crippen molar-refractivity contribution in [2.75, 3.05) is 10.6 Å². The molecule has 2 amide bonds. The smallest absolute Gasteiger partial charge is 0.308 e. The van der Waals surface area contributed by atoms with E-state index in [0.717, 1.165) is 0 Å². The Kier molecular flexibility index (Phi) is 5.16. The van der Waals surface area contributed by atoms with Gasteiger partial charge in [0.2, 0.25) is 5.13 Å². The van der Waals surface area contributed by atoms with E-state index < -0.39 is 28.3 Å². The molecular formula is C11H5Cl2F5N4OS. The van der Waals surface area contributed by atoms with Crippen LogP contribution in [0.2, 0.25) is 10.0 Å². The van der Waals surface area contributed by atoms with E-state index in [0.29, 0.717) is 0 Å². The summed E-state index contributed by atoms with van der Waals surface area (Å²) in [5.74, 6) is -5.16. The van der Waals surface area contributed by atoms with Gasteiger partial charge in [-0.1, -0.05) is 34.5 Å². The number of alkyl halides is 5. The van der Waals surface area contributed by atoms with E-state index >= 15 is 0 Å². The van der Waals surface area contributed by atoms with Gasteiger partial charge in [0.25, 0.3) is 0 Å². The predicted molar refractivity (Wildman–Crippen MR) is 79.0 cm³/mol.